The summed E-state index contributed by atoms with van der Waals surface area (Å²) in [5.41, 5.74) is 0. The molecule has 0 aromatic carbocycles. The standard InChI is InChI=1S/C6H8ClN3OS2/c7-3-1-2-4(11)8-5-9-10-6(12)13-5/h1-3H2,(H,10,12)(H,8,9,11). The van der Waals surface area contributed by atoms with Crippen molar-refractivity contribution < 1.29 is 4.79 Å². The summed E-state index contributed by atoms with van der Waals surface area (Å²) >= 11 is 11.5. The van der Waals surface area contributed by atoms with Gasteiger partial charge in [-0.15, -0.1) is 16.7 Å². The van der Waals surface area contributed by atoms with Crippen LogP contribution in [0.4, 0.5) is 5.13 Å². The first kappa shape index (κ1) is 10.6. The highest BCUT2D eigenvalue weighted by Crippen LogP contribution is 2.11. The van der Waals surface area contributed by atoms with E-state index in [4.69, 9.17) is 23.8 Å². The summed E-state index contributed by atoms with van der Waals surface area (Å²) in [6.45, 7) is 0. The van der Waals surface area contributed by atoms with Crippen LogP contribution in [-0.2, 0) is 4.79 Å². The van der Waals surface area contributed by atoms with E-state index in [-0.39, 0.29) is 5.91 Å². The number of amides is 1. The molecule has 0 saturated carbocycles. The van der Waals surface area contributed by atoms with Gasteiger partial charge in [-0.05, 0) is 18.6 Å². The average Bonchev–Trinajstić information content (AvgIpc) is 2.48. The molecular formula is C6H8ClN3OS2. The molecule has 1 heterocycles. The van der Waals surface area contributed by atoms with E-state index < -0.39 is 0 Å². The zero-order chi connectivity index (χ0) is 9.68. The van der Waals surface area contributed by atoms with Crippen LogP contribution in [0.15, 0.2) is 0 Å². The molecule has 1 amide bonds. The Balaban J connectivity index is 2.41. The Morgan fingerprint density at radius 3 is 3.08 bits per heavy atom. The van der Waals surface area contributed by atoms with E-state index in [0.29, 0.717) is 27.8 Å². The number of nitrogens with one attached hydrogen (secondary N) is 2. The minimum atomic E-state index is -0.0848. The Labute approximate surface area is 89.3 Å². The highest BCUT2D eigenvalue weighted by atomic mass is 35.5. The number of hydrogen-bond donors (Lipinski definition) is 2. The molecule has 0 spiro atoms. The Morgan fingerprint density at radius 2 is 2.54 bits per heavy atom. The molecule has 1 rings (SSSR count). The molecule has 0 bridgehead atoms. The summed E-state index contributed by atoms with van der Waals surface area (Å²) in [5, 5.41) is 9.47. The SMILES string of the molecule is O=C(CCCCl)Nc1n[nH]c(=S)s1. The smallest absolute Gasteiger partial charge is 0.226 e. The molecule has 1 aromatic heterocycles. The maximum absolute atomic E-state index is 11.1. The van der Waals surface area contributed by atoms with Crippen LogP contribution in [0.3, 0.4) is 0 Å². The maximum Gasteiger partial charge on any atom is 0.226 e. The Morgan fingerprint density at radius 1 is 1.77 bits per heavy atom. The van der Waals surface area contributed by atoms with Crippen LogP contribution in [0.5, 0.6) is 0 Å². The van der Waals surface area contributed by atoms with Gasteiger partial charge in [0, 0.05) is 12.3 Å². The number of anilines is 1. The van der Waals surface area contributed by atoms with Crippen molar-refractivity contribution in [1.82, 2.24) is 10.2 Å². The molecule has 0 aliphatic heterocycles. The van der Waals surface area contributed by atoms with Gasteiger partial charge in [0.1, 0.15) is 0 Å². The highest BCUT2D eigenvalue weighted by Gasteiger charge is 2.03. The third kappa shape index (κ3) is 3.84. The number of rotatable bonds is 4. The molecule has 0 saturated heterocycles. The summed E-state index contributed by atoms with van der Waals surface area (Å²) in [5.74, 6) is 0.405. The minimum Gasteiger partial charge on any atom is -0.301 e. The lowest BCUT2D eigenvalue weighted by molar-refractivity contribution is -0.116. The third-order valence-corrected chi connectivity index (χ3v) is 2.49. The number of alkyl halides is 1. The zero-order valence-electron chi connectivity index (χ0n) is 6.67. The molecule has 1 aromatic rings. The van der Waals surface area contributed by atoms with E-state index >= 15 is 0 Å². The van der Waals surface area contributed by atoms with Gasteiger partial charge in [-0.1, -0.05) is 11.3 Å². The average molecular weight is 238 g/mol. The summed E-state index contributed by atoms with van der Waals surface area (Å²) in [7, 11) is 0. The second kappa shape index (κ2) is 5.31. The molecule has 0 radical (unpaired) electrons. The van der Waals surface area contributed by atoms with Crippen molar-refractivity contribution in [3.05, 3.63) is 3.95 Å². The molecule has 2 N–H and O–H groups in total. The predicted octanol–water partition coefficient (Wildman–Crippen LogP) is 2.16. The van der Waals surface area contributed by atoms with Crippen LogP contribution in [0.1, 0.15) is 12.8 Å². The molecule has 13 heavy (non-hydrogen) atoms. The fraction of sp³-hybridized carbons (Fsp3) is 0.500. The molecular weight excluding hydrogens is 230 g/mol. The Bertz CT molecular complexity index is 335. The van der Waals surface area contributed by atoms with E-state index in [1.54, 1.807) is 0 Å². The molecule has 0 aliphatic rings. The molecule has 0 fully saturated rings. The summed E-state index contributed by atoms with van der Waals surface area (Å²) in [6.07, 6.45) is 1.08. The molecule has 0 unspecified atom stereocenters. The van der Waals surface area contributed by atoms with E-state index in [9.17, 15) is 4.79 Å². The van der Waals surface area contributed by atoms with Crippen LogP contribution in [0.25, 0.3) is 0 Å². The lowest BCUT2D eigenvalue weighted by atomic mass is 10.3. The van der Waals surface area contributed by atoms with Gasteiger partial charge in [-0.3, -0.25) is 9.89 Å². The highest BCUT2D eigenvalue weighted by molar-refractivity contribution is 7.73. The quantitative estimate of drug-likeness (QED) is 0.623. The van der Waals surface area contributed by atoms with Crippen molar-refractivity contribution in [1.29, 1.82) is 0 Å². The lowest BCUT2D eigenvalue weighted by Crippen LogP contribution is -2.10. The van der Waals surface area contributed by atoms with Crippen molar-refractivity contribution in [2.75, 3.05) is 11.2 Å². The van der Waals surface area contributed by atoms with E-state index in [1.165, 1.54) is 11.3 Å². The largest absolute Gasteiger partial charge is 0.301 e. The number of aromatic amines is 1. The van der Waals surface area contributed by atoms with Gasteiger partial charge in [0.2, 0.25) is 11.0 Å². The second-order valence-corrected chi connectivity index (χ2v) is 4.30. The number of halogens is 1. The minimum absolute atomic E-state index is 0.0848. The van der Waals surface area contributed by atoms with Gasteiger partial charge in [0.05, 0.1) is 0 Å². The van der Waals surface area contributed by atoms with Crippen LogP contribution in [-0.4, -0.2) is 22.0 Å². The molecule has 72 valence electrons. The van der Waals surface area contributed by atoms with Crippen molar-refractivity contribution >= 4 is 46.2 Å². The number of carbonyl (C=O) groups excluding carboxylic acids is 1. The fourth-order valence-corrected chi connectivity index (χ4v) is 1.63. The molecule has 4 nitrogen and oxygen atoms in total. The van der Waals surface area contributed by atoms with Crippen LogP contribution < -0.4 is 5.32 Å². The van der Waals surface area contributed by atoms with Crippen molar-refractivity contribution in [3.8, 4) is 0 Å². The van der Waals surface area contributed by atoms with Gasteiger partial charge in [-0.25, -0.2) is 0 Å². The molecule has 7 heteroatoms. The number of carbonyl (C=O) groups is 1. The number of aromatic nitrogens is 2. The zero-order valence-corrected chi connectivity index (χ0v) is 9.06. The van der Waals surface area contributed by atoms with Crippen LogP contribution >= 0.6 is 35.2 Å². The van der Waals surface area contributed by atoms with Gasteiger partial charge in [0.15, 0.2) is 3.95 Å². The normalized spacial score (nSPS) is 9.92. The van der Waals surface area contributed by atoms with E-state index in [2.05, 4.69) is 15.5 Å². The summed E-state index contributed by atoms with van der Waals surface area (Å²) in [6, 6.07) is 0. The first-order valence-corrected chi connectivity index (χ1v) is 5.39. The van der Waals surface area contributed by atoms with E-state index in [0.717, 1.165) is 0 Å². The Kier molecular flexibility index (Phi) is 4.34. The van der Waals surface area contributed by atoms with E-state index in [1.807, 2.05) is 0 Å². The van der Waals surface area contributed by atoms with Crippen LogP contribution in [0.2, 0.25) is 0 Å². The lowest BCUT2D eigenvalue weighted by Gasteiger charge is -1.97. The first-order chi connectivity index (χ1) is 6.22. The van der Waals surface area contributed by atoms with Gasteiger partial charge < -0.3 is 5.32 Å². The maximum atomic E-state index is 11.1. The summed E-state index contributed by atoms with van der Waals surface area (Å²) in [4.78, 5) is 11.1. The summed E-state index contributed by atoms with van der Waals surface area (Å²) < 4.78 is 0.549. The molecule has 0 atom stereocenters. The van der Waals surface area contributed by atoms with Gasteiger partial charge in [0.25, 0.3) is 0 Å². The predicted molar refractivity (Wildman–Crippen MR) is 55.9 cm³/mol. The number of nitrogens with zero attached hydrogens (tertiary/aromatic N) is 1. The first-order valence-electron chi connectivity index (χ1n) is 3.63. The monoisotopic (exact) mass is 237 g/mol. The van der Waals surface area contributed by atoms with Crippen LogP contribution in [0, 0.1) is 3.95 Å². The number of H-pyrrole nitrogens is 1. The number of hydrogen-bond acceptors (Lipinski definition) is 4. The Hall–Kier alpha value is -0.460. The molecule has 0 aliphatic carbocycles. The fourth-order valence-electron chi connectivity index (χ4n) is 0.692. The van der Waals surface area contributed by atoms with Crippen molar-refractivity contribution in [2.24, 2.45) is 0 Å². The topological polar surface area (TPSA) is 57.8 Å². The van der Waals surface area contributed by atoms with Crippen molar-refractivity contribution in [2.45, 2.75) is 12.8 Å². The third-order valence-electron chi connectivity index (χ3n) is 1.22. The van der Waals surface area contributed by atoms with Crippen molar-refractivity contribution in [3.63, 3.8) is 0 Å². The second-order valence-electron chi connectivity index (χ2n) is 2.26. The van der Waals surface area contributed by atoms with Gasteiger partial charge in [-0.2, -0.15) is 0 Å². The van der Waals surface area contributed by atoms with Gasteiger partial charge >= 0.3 is 0 Å².